The molecule has 2 aliphatic rings. The number of hydrogen-bond donors (Lipinski definition) is 3. The van der Waals surface area contributed by atoms with Gasteiger partial charge in [0, 0.05) is 30.6 Å². The van der Waals surface area contributed by atoms with E-state index in [1.54, 1.807) is 30.0 Å². The van der Waals surface area contributed by atoms with Gasteiger partial charge in [-0.05, 0) is 18.1 Å². The Labute approximate surface area is 133 Å². The minimum absolute atomic E-state index is 0.104. The molecule has 0 saturated carbocycles. The van der Waals surface area contributed by atoms with Crippen LogP contribution in [-0.2, 0) is 20.9 Å². The van der Waals surface area contributed by atoms with Crippen LogP contribution in [-0.4, -0.2) is 33.8 Å². The molecule has 2 unspecified atom stereocenters. The third-order valence-corrected chi connectivity index (χ3v) is 4.35. The third-order valence-electron chi connectivity index (χ3n) is 4.35. The maximum absolute atomic E-state index is 12.0. The summed E-state index contributed by atoms with van der Waals surface area (Å²) >= 11 is 0. The first-order valence-corrected chi connectivity index (χ1v) is 7.70. The fourth-order valence-corrected chi connectivity index (χ4v) is 3.11. The number of aliphatic hydroxyl groups is 1. The molecule has 3 rings (SSSR count). The molecule has 3 N–H and O–H groups in total. The number of hydrogen-bond acceptors (Lipinski definition) is 5. The zero-order valence-electron chi connectivity index (χ0n) is 12.8. The van der Waals surface area contributed by atoms with Gasteiger partial charge >= 0.3 is 0 Å². The van der Waals surface area contributed by atoms with E-state index in [0.717, 1.165) is 5.56 Å². The van der Waals surface area contributed by atoms with E-state index >= 15 is 0 Å². The first-order valence-electron chi connectivity index (χ1n) is 7.70. The van der Waals surface area contributed by atoms with Crippen molar-refractivity contribution in [2.75, 3.05) is 5.32 Å². The molecule has 0 aliphatic carbocycles. The Bertz CT molecular complexity index is 673. The van der Waals surface area contributed by atoms with Crippen molar-refractivity contribution in [2.45, 2.75) is 45.0 Å². The van der Waals surface area contributed by atoms with Gasteiger partial charge in [-0.15, -0.1) is 0 Å². The van der Waals surface area contributed by atoms with Crippen molar-refractivity contribution >= 4 is 23.4 Å². The molecule has 0 aromatic heterocycles. The smallest absolute Gasteiger partial charge is 0.244 e. The summed E-state index contributed by atoms with van der Waals surface area (Å²) in [6, 6.07) is 4.78. The van der Waals surface area contributed by atoms with Crippen LogP contribution in [0.1, 0.15) is 43.5 Å². The summed E-state index contributed by atoms with van der Waals surface area (Å²) in [5.74, 6) is -0.770. The van der Waals surface area contributed by atoms with Gasteiger partial charge < -0.3 is 10.4 Å². The second-order valence-electron chi connectivity index (χ2n) is 5.79. The standard InChI is InChI=1S/C16H19N3O4/c1-2-13(20)17-11-5-3-4-9-10(11)8-19(16(9)23)12-6-7-14(21)18-15(12)22/h3-5,12,16,23H,2,6-8H2,1H3,(H,17,20)(H,18,21,22). The lowest BCUT2D eigenvalue weighted by molar-refractivity contribution is -0.141. The third kappa shape index (κ3) is 2.85. The van der Waals surface area contributed by atoms with Crippen LogP contribution in [0.25, 0.3) is 0 Å². The topological polar surface area (TPSA) is 98.7 Å². The molecule has 2 aliphatic heterocycles. The number of carbonyl (C=O) groups is 3. The Morgan fingerprint density at radius 2 is 2.22 bits per heavy atom. The minimum atomic E-state index is -0.924. The fourth-order valence-electron chi connectivity index (χ4n) is 3.11. The van der Waals surface area contributed by atoms with Gasteiger partial charge in [0.05, 0.1) is 6.04 Å². The number of fused-ring (bicyclic) bond motifs is 1. The Hall–Kier alpha value is -2.25. The normalized spacial score (nSPS) is 24.3. The van der Waals surface area contributed by atoms with Crippen LogP contribution in [0.5, 0.6) is 0 Å². The summed E-state index contributed by atoms with van der Waals surface area (Å²) in [6.45, 7) is 2.12. The average molecular weight is 317 g/mol. The molecular formula is C16H19N3O4. The second-order valence-corrected chi connectivity index (χ2v) is 5.79. The zero-order valence-corrected chi connectivity index (χ0v) is 12.8. The molecule has 1 aromatic carbocycles. The minimum Gasteiger partial charge on any atom is -0.374 e. The van der Waals surface area contributed by atoms with Crippen molar-refractivity contribution in [1.82, 2.24) is 10.2 Å². The van der Waals surface area contributed by atoms with Crippen LogP contribution in [0.15, 0.2) is 18.2 Å². The van der Waals surface area contributed by atoms with E-state index in [1.165, 1.54) is 0 Å². The summed E-state index contributed by atoms with van der Waals surface area (Å²) in [7, 11) is 0. The molecule has 7 heteroatoms. The first kappa shape index (κ1) is 15.6. The highest BCUT2D eigenvalue weighted by atomic mass is 16.3. The van der Waals surface area contributed by atoms with Gasteiger partial charge in [0.1, 0.15) is 6.23 Å². The largest absolute Gasteiger partial charge is 0.374 e. The fraction of sp³-hybridized carbons (Fsp3) is 0.438. The van der Waals surface area contributed by atoms with E-state index in [-0.39, 0.29) is 24.1 Å². The quantitative estimate of drug-likeness (QED) is 0.711. The summed E-state index contributed by atoms with van der Waals surface area (Å²) in [5, 5.41) is 15.7. The number of piperidine rings is 1. The number of benzene rings is 1. The van der Waals surface area contributed by atoms with Crippen LogP contribution >= 0.6 is 0 Å². The molecular weight excluding hydrogens is 298 g/mol. The number of carbonyl (C=O) groups excluding carboxylic acids is 3. The average Bonchev–Trinajstić information content (AvgIpc) is 2.86. The van der Waals surface area contributed by atoms with Gasteiger partial charge in [0.25, 0.3) is 0 Å². The van der Waals surface area contributed by atoms with Gasteiger partial charge in [-0.25, -0.2) is 0 Å². The van der Waals surface area contributed by atoms with Crippen molar-refractivity contribution in [3.63, 3.8) is 0 Å². The lowest BCUT2D eigenvalue weighted by Gasteiger charge is -2.31. The maximum atomic E-state index is 12.0. The lowest BCUT2D eigenvalue weighted by atomic mass is 10.0. The van der Waals surface area contributed by atoms with Crippen LogP contribution in [0, 0.1) is 0 Å². The zero-order chi connectivity index (χ0) is 16.6. The van der Waals surface area contributed by atoms with E-state index in [4.69, 9.17) is 0 Å². The molecule has 2 atom stereocenters. The highest BCUT2D eigenvalue weighted by Gasteiger charge is 2.40. The molecule has 3 amide bonds. The van der Waals surface area contributed by atoms with Gasteiger partial charge in [0.15, 0.2) is 0 Å². The van der Waals surface area contributed by atoms with E-state index < -0.39 is 12.3 Å². The Morgan fingerprint density at radius 1 is 1.43 bits per heavy atom. The van der Waals surface area contributed by atoms with Crippen LogP contribution in [0.4, 0.5) is 5.69 Å². The van der Waals surface area contributed by atoms with Gasteiger partial charge in [-0.1, -0.05) is 19.1 Å². The number of nitrogens with one attached hydrogen (secondary N) is 2. The van der Waals surface area contributed by atoms with E-state index in [9.17, 15) is 19.5 Å². The number of anilines is 1. The monoisotopic (exact) mass is 317 g/mol. The Kier molecular flexibility index (Phi) is 4.14. The lowest BCUT2D eigenvalue weighted by Crippen LogP contribution is -2.51. The van der Waals surface area contributed by atoms with Crippen LogP contribution in [0.3, 0.4) is 0 Å². The molecule has 2 heterocycles. The number of aliphatic hydroxyl groups excluding tert-OH is 1. The Balaban J connectivity index is 1.85. The summed E-state index contributed by atoms with van der Waals surface area (Å²) < 4.78 is 0. The van der Waals surface area contributed by atoms with Crippen molar-refractivity contribution < 1.29 is 19.5 Å². The van der Waals surface area contributed by atoms with Gasteiger partial charge in [-0.2, -0.15) is 0 Å². The predicted molar refractivity (Wildman–Crippen MR) is 82.0 cm³/mol. The molecule has 1 saturated heterocycles. The van der Waals surface area contributed by atoms with E-state index in [1.807, 2.05) is 0 Å². The number of imide groups is 1. The van der Waals surface area contributed by atoms with Crippen LogP contribution in [0.2, 0.25) is 0 Å². The van der Waals surface area contributed by atoms with Gasteiger partial charge in [0.2, 0.25) is 17.7 Å². The van der Waals surface area contributed by atoms with Crippen molar-refractivity contribution in [3.05, 3.63) is 29.3 Å². The molecule has 0 radical (unpaired) electrons. The maximum Gasteiger partial charge on any atom is 0.244 e. The molecule has 0 spiro atoms. The number of rotatable bonds is 3. The number of amides is 3. The molecule has 7 nitrogen and oxygen atoms in total. The molecule has 23 heavy (non-hydrogen) atoms. The summed E-state index contributed by atoms with van der Waals surface area (Å²) in [4.78, 5) is 36.6. The summed E-state index contributed by atoms with van der Waals surface area (Å²) in [5.41, 5.74) is 2.15. The predicted octanol–water partition coefficient (Wildman–Crippen LogP) is 0.647. The van der Waals surface area contributed by atoms with E-state index in [0.29, 0.717) is 30.6 Å². The number of nitrogens with zero attached hydrogens (tertiary/aromatic N) is 1. The molecule has 1 fully saturated rings. The SMILES string of the molecule is CCC(=O)Nc1cccc2c1CN(C1CCC(=O)NC1=O)C2O. The van der Waals surface area contributed by atoms with Crippen molar-refractivity contribution in [2.24, 2.45) is 0 Å². The molecule has 122 valence electrons. The molecule has 1 aromatic rings. The van der Waals surface area contributed by atoms with Gasteiger partial charge in [-0.3, -0.25) is 24.6 Å². The van der Waals surface area contributed by atoms with E-state index in [2.05, 4.69) is 10.6 Å². The van der Waals surface area contributed by atoms with Crippen molar-refractivity contribution in [1.29, 1.82) is 0 Å². The summed E-state index contributed by atoms with van der Waals surface area (Å²) in [6.07, 6.45) is 0.0811. The molecule has 0 bridgehead atoms. The van der Waals surface area contributed by atoms with Crippen molar-refractivity contribution in [3.8, 4) is 0 Å². The van der Waals surface area contributed by atoms with Crippen LogP contribution < -0.4 is 10.6 Å². The Morgan fingerprint density at radius 3 is 2.91 bits per heavy atom. The first-order chi connectivity index (χ1) is 11.0. The highest BCUT2D eigenvalue weighted by Crippen LogP contribution is 2.38. The highest BCUT2D eigenvalue weighted by molar-refractivity contribution is 6.00. The second kappa shape index (κ2) is 6.10.